The molecule has 0 unspecified atom stereocenters. The Morgan fingerprint density at radius 2 is 1.96 bits per heavy atom. The summed E-state index contributed by atoms with van der Waals surface area (Å²) < 4.78 is 1.76. The Morgan fingerprint density at radius 3 is 2.75 bits per heavy atom. The van der Waals surface area contributed by atoms with Gasteiger partial charge >= 0.3 is 6.03 Å². The summed E-state index contributed by atoms with van der Waals surface area (Å²) in [5, 5.41) is 10.3. The molecule has 7 heteroatoms. The monoisotopic (exact) mass is 376 g/mol. The van der Waals surface area contributed by atoms with Gasteiger partial charge in [0.05, 0.1) is 17.1 Å². The van der Waals surface area contributed by atoms with Crippen LogP contribution in [0.3, 0.4) is 0 Å². The largest absolute Gasteiger partial charge is 0.357 e. The SMILES string of the molecule is Cc1ccn(-c2ccccc2NC(=O)NCc2ccnc(N3CCCC3)c2)n1. The molecule has 1 fully saturated rings. The van der Waals surface area contributed by atoms with Gasteiger partial charge in [-0.25, -0.2) is 14.5 Å². The smallest absolute Gasteiger partial charge is 0.319 e. The molecule has 7 nitrogen and oxygen atoms in total. The van der Waals surface area contributed by atoms with Crippen LogP contribution in [0.15, 0.2) is 54.9 Å². The lowest BCUT2D eigenvalue weighted by Crippen LogP contribution is -2.29. The van der Waals surface area contributed by atoms with Crippen LogP contribution in [0.4, 0.5) is 16.3 Å². The molecule has 144 valence electrons. The highest BCUT2D eigenvalue weighted by Gasteiger charge is 2.14. The number of pyridine rings is 1. The number of rotatable bonds is 5. The topological polar surface area (TPSA) is 75.1 Å². The van der Waals surface area contributed by atoms with Gasteiger partial charge in [-0.1, -0.05) is 12.1 Å². The zero-order valence-corrected chi connectivity index (χ0v) is 15.9. The van der Waals surface area contributed by atoms with Crippen molar-refractivity contribution in [3.05, 3.63) is 66.1 Å². The number of urea groups is 1. The summed E-state index contributed by atoms with van der Waals surface area (Å²) in [5.41, 5.74) is 3.48. The van der Waals surface area contributed by atoms with Gasteiger partial charge in [0.15, 0.2) is 0 Å². The Bertz CT molecular complexity index is 961. The first kappa shape index (κ1) is 18.0. The van der Waals surface area contributed by atoms with Gasteiger partial charge in [0.2, 0.25) is 0 Å². The summed E-state index contributed by atoms with van der Waals surface area (Å²) in [5.74, 6) is 0.983. The van der Waals surface area contributed by atoms with Gasteiger partial charge in [0, 0.05) is 32.0 Å². The molecule has 3 aromatic rings. The molecule has 1 aliphatic heterocycles. The fourth-order valence-electron chi connectivity index (χ4n) is 3.37. The van der Waals surface area contributed by atoms with Crippen molar-refractivity contribution in [2.24, 2.45) is 0 Å². The summed E-state index contributed by atoms with van der Waals surface area (Å²) in [6.07, 6.45) is 6.10. The first-order chi connectivity index (χ1) is 13.7. The van der Waals surface area contributed by atoms with Crippen molar-refractivity contribution in [1.82, 2.24) is 20.1 Å². The Balaban J connectivity index is 1.40. The maximum absolute atomic E-state index is 12.4. The average Bonchev–Trinajstić information content (AvgIpc) is 3.39. The van der Waals surface area contributed by atoms with Crippen molar-refractivity contribution in [2.45, 2.75) is 26.3 Å². The van der Waals surface area contributed by atoms with Crippen molar-refractivity contribution in [3.8, 4) is 5.69 Å². The third kappa shape index (κ3) is 4.14. The minimum atomic E-state index is -0.254. The van der Waals surface area contributed by atoms with Crippen LogP contribution in [0.2, 0.25) is 0 Å². The highest BCUT2D eigenvalue weighted by Crippen LogP contribution is 2.20. The number of carbonyl (C=O) groups is 1. The Hall–Kier alpha value is -3.35. The van der Waals surface area contributed by atoms with E-state index >= 15 is 0 Å². The molecule has 0 spiro atoms. The van der Waals surface area contributed by atoms with E-state index in [2.05, 4.69) is 25.6 Å². The standard InChI is InChI=1S/C21H24N6O/c1-16-9-13-27(25-16)19-7-3-2-6-18(19)24-21(28)23-15-17-8-10-22-20(14-17)26-11-4-5-12-26/h2-3,6-10,13-14H,4-5,11-12,15H2,1H3,(H2,23,24,28). The van der Waals surface area contributed by atoms with E-state index < -0.39 is 0 Å². The summed E-state index contributed by atoms with van der Waals surface area (Å²) in [4.78, 5) is 19.2. The lowest BCUT2D eigenvalue weighted by molar-refractivity contribution is 0.251. The predicted octanol–water partition coefficient (Wildman–Crippen LogP) is 3.50. The van der Waals surface area contributed by atoms with Crippen LogP contribution in [0.1, 0.15) is 24.1 Å². The number of aromatic nitrogens is 3. The number of hydrogen-bond donors (Lipinski definition) is 2. The summed E-state index contributed by atoms with van der Waals surface area (Å²) in [6.45, 7) is 4.48. The van der Waals surface area contributed by atoms with Crippen LogP contribution in [0.5, 0.6) is 0 Å². The lowest BCUT2D eigenvalue weighted by Gasteiger charge is -2.17. The molecule has 0 bridgehead atoms. The lowest BCUT2D eigenvalue weighted by atomic mass is 10.2. The van der Waals surface area contributed by atoms with Gasteiger partial charge in [-0.2, -0.15) is 5.10 Å². The van der Waals surface area contributed by atoms with E-state index in [4.69, 9.17) is 0 Å². The van der Waals surface area contributed by atoms with Crippen LogP contribution in [-0.4, -0.2) is 33.9 Å². The molecular formula is C21H24N6O. The van der Waals surface area contributed by atoms with Gasteiger partial charge in [-0.15, -0.1) is 0 Å². The number of aryl methyl sites for hydroxylation is 1. The molecule has 0 atom stereocenters. The molecule has 0 saturated carbocycles. The second-order valence-corrected chi connectivity index (χ2v) is 6.94. The highest BCUT2D eigenvalue weighted by atomic mass is 16.2. The van der Waals surface area contributed by atoms with E-state index in [0.29, 0.717) is 12.2 Å². The molecule has 0 radical (unpaired) electrons. The highest BCUT2D eigenvalue weighted by molar-refractivity contribution is 5.91. The van der Waals surface area contributed by atoms with E-state index in [1.807, 2.05) is 55.6 Å². The van der Waals surface area contributed by atoms with Crippen molar-refractivity contribution in [2.75, 3.05) is 23.3 Å². The molecule has 1 aliphatic rings. The number of anilines is 2. The van der Waals surface area contributed by atoms with Crippen molar-refractivity contribution in [1.29, 1.82) is 0 Å². The zero-order chi connectivity index (χ0) is 19.3. The van der Waals surface area contributed by atoms with Crippen LogP contribution < -0.4 is 15.5 Å². The molecule has 28 heavy (non-hydrogen) atoms. The fourth-order valence-corrected chi connectivity index (χ4v) is 3.37. The number of nitrogens with zero attached hydrogens (tertiary/aromatic N) is 4. The first-order valence-corrected chi connectivity index (χ1v) is 9.55. The number of hydrogen-bond acceptors (Lipinski definition) is 4. The molecule has 1 aromatic carbocycles. The molecule has 2 N–H and O–H groups in total. The predicted molar refractivity (Wildman–Crippen MR) is 110 cm³/mol. The maximum atomic E-state index is 12.4. The van der Waals surface area contributed by atoms with E-state index in [-0.39, 0.29) is 6.03 Å². The van der Waals surface area contributed by atoms with Crippen molar-refractivity contribution < 1.29 is 4.79 Å². The van der Waals surface area contributed by atoms with Gasteiger partial charge < -0.3 is 15.5 Å². The second-order valence-electron chi connectivity index (χ2n) is 6.94. The number of para-hydroxylation sites is 2. The van der Waals surface area contributed by atoms with Crippen LogP contribution >= 0.6 is 0 Å². The number of carbonyl (C=O) groups excluding carboxylic acids is 1. The molecule has 0 aliphatic carbocycles. The van der Waals surface area contributed by atoms with Gasteiger partial charge in [-0.05, 0) is 55.7 Å². The molecule has 4 rings (SSSR count). The first-order valence-electron chi connectivity index (χ1n) is 9.55. The van der Waals surface area contributed by atoms with Crippen LogP contribution in [-0.2, 0) is 6.54 Å². The molecule has 3 heterocycles. The number of nitrogens with one attached hydrogen (secondary N) is 2. The minimum Gasteiger partial charge on any atom is -0.357 e. The van der Waals surface area contributed by atoms with E-state index in [1.165, 1.54) is 12.8 Å². The molecule has 1 saturated heterocycles. The third-order valence-corrected chi connectivity index (χ3v) is 4.81. The van der Waals surface area contributed by atoms with Gasteiger partial charge in [0.1, 0.15) is 5.82 Å². The fraction of sp³-hybridized carbons (Fsp3) is 0.286. The van der Waals surface area contributed by atoms with E-state index in [0.717, 1.165) is 35.9 Å². The minimum absolute atomic E-state index is 0.254. The van der Waals surface area contributed by atoms with Crippen molar-refractivity contribution >= 4 is 17.5 Å². The third-order valence-electron chi connectivity index (χ3n) is 4.81. The Morgan fingerprint density at radius 1 is 1.14 bits per heavy atom. The van der Waals surface area contributed by atoms with Gasteiger partial charge in [0.25, 0.3) is 0 Å². The summed E-state index contributed by atoms with van der Waals surface area (Å²) in [6, 6.07) is 13.3. The quantitative estimate of drug-likeness (QED) is 0.715. The molecular weight excluding hydrogens is 352 g/mol. The van der Waals surface area contributed by atoms with Gasteiger partial charge in [-0.3, -0.25) is 0 Å². The zero-order valence-electron chi connectivity index (χ0n) is 15.9. The molecule has 2 aromatic heterocycles. The normalized spacial score (nSPS) is 13.5. The Kier molecular flexibility index (Phi) is 5.23. The number of amides is 2. The van der Waals surface area contributed by atoms with Crippen LogP contribution in [0.25, 0.3) is 5.69 Å². The summed E-state index contributed by atoms with van der Waals surface area (Å²) in [7, 11) is 0. The second kappa shape index (κ2) is 8.12. The van der Waals surface area contributed by atoms with E-state index in [1.54, 1.807) is 10.9 Å². The number of benzene rings is 1. The summed E-state index contributed by atoms with van der Waals surface area (Å²) >= 11 is 0. The molecule has 2 amide bonds. The van der Waals surface area contributed by atoms with E-state index in [9.17, 15) is 4.79 Å². The average molecular weight is 376 g/mol. The van der Waals surface area contributed by atoms with Crippen LogP contribution in [0, 0.1) is 6.92 Å². The maximum Gasteiger partial charge on any atom is 0.319 e. The van der Waals surface area contributed by atoms with Crippen molar-refractivity contribution in [3.63, 3.8) is 0 Å². The Labute approximate surface area is 164 Å².